The van der Waals surface area contributed by atoms with Gasteiger partial charge in [0, 0.05) is 5.69 Å². The van der Waals surface area contributed by atoms with E-state index in [1.54, 1.807) is 25.3 Å². The number of nitrogens with one attached hydrogen (secondary N) is 2. The Morgan fingerprint density at radius 1 is 1.00 bits per heavy atom. The van der Waals surface area contributed by atoms with Gasteiger partial charge in [0.1, 0.15) is 19.0 Å². The van der Waals surface area contributed by atoms with Crippen molar-refractivity contribution in [1.82, 2.24) is 5.43 Å². The van der Waals surface area contributed by atoms with Crippen LogP contribution in [0.2, 0.25) is 0 Å². The minimum Gasteiger partial charge on any atom is -0.493 e. The van der Waals surface area contributed by atoms with Crippen LogP contribution in [0.3, 0.4) is 0 Å². The summed E-state index contributed by atoms with van der Waals surface area (Å²) in [4.78, 5) is 11.9. The van der Waals surface area contributed by atoms with Crippen LogP contribution in [0.5, 0.6) is 17.2 Å². The number of hydrogen-bond donors (Lipinski definition) is 2. The van der Waals surface area contributed by atoms with Crippen LogP contribution in [0, 0.1) is 0 Å². The number of ether oxygens (including phenoxy) is 3. The molecule has 31 heavy (non-hydrogen) atoms. The molecule has 0 aliphatic rings. The Morgan fingerprint density at radius 3 is 2.39 bits per heavy atom. The van der Waals surface area contributed by atoms with Gasteiger partial charge in [0.25, 0.3) is 0 Å². The highest BCUT2D eigenvalue weighted by Gasteiger charge is 2.11. The number of anilines is 1. The Balaban J connectivity index is 1.54. The van der Waals surface area contributed by atoms with Crippen molar-refractivity contribution in [3.05, 3.63) is 82.8 Å². The Labute approximate surface area is 189 Å². The largest absolute Gasteiger partial charge is 0.493 e. The van der Waals surface area contributed by atoms with Crippen LogP contribution in [0.15, 0.2) is 82.4 Å². The maximum absolute atomic E-state index is 11.9. The van der Waals surface area contributed by atoms with Crippen molar-refractivity contribution in [3.63, 3.8) is 0 Å². The van der Waals surface area contributed by atoms with Gasteiger partial charge in [0.05, 0.1) is 17.8 Å². The second-order valence-corrected chi connectivity index (χ2v) is 7.09. The molecule has 0 aromatic heterocycles. The lowest BCUT2D eigenvalue weighted by Gasteiger charge is -2.14. The number of hydrazone groups is 1. The molecule has 3 rings (SSSR count). The standard InChI is InChI=1S/C23H22BrN3O4/c1-29-21-15-17(16-25-27-23(28)26-18-8-4-2-5-9-18)14-20(24)22(21)31-13-12-30-19-10-6-3-7-11-19/h2-11,14-16H,12-13H2,1H3,(H2,26,27,28)/b25-16+. The van der Waals surface area contributed by atoms with E-state index in [9.17, 15) is 4.79 Å². The fourth-order valence-electron chi connectivity index (χ4n) is 2.62. The number of nitrogens with zero attached hydrogens (tertiary/aromatic N) is 1. The lowest BCUT2D eigenvalue weighted by molar-refractivity contribution is 0.210. The molecule has 160 valence electrons. The molecule has 0 saturated heterocycles. The molecule has 0 radical (unpaired) electrons. The normalized spacial score (nSPS) is 10.5. The Hall–Kier alpha value is -3.52. The zero-order valence-electron chi connectivity index (χ0n) is 16.9. The highest BCUT2D eigenvalue weighted by Crippen LogP contribution is 2.36. The third-order valence-corrected chi connectivity index (χ3v) is 4.59. The first kappa shape index (κ1) is 22.2. The molecular formula is C23H22BrN3O4. The van der Waals surface area contributed by atoms with E-state index in [1.165, 1.54) is 6.21 Å². The molecule has 8 heteroatoms. The summed E-state index contributed by atoms with van der Waals surface area (Å²) in [5, 5.41) is 6.65. The summed E-state index contributed by atoms with van der Waals surface area (Å²) in [5.41, 5.74) is 3.82. The van der Waals surface area contributed by atoms with Gasteiger partial charge in [-0.25, -0.2) is 10.2 Å². The number of methoxy groups -OCH3 is 1. The highest BCUT2D eigenvalue weighted by atomic mass is 79.9. The maximum Gasteiger partial charge on any atom is 0.339 e. The molecule has 0 saturated carbocycles. The first-order valence-electron chi connectivity index (χ1n) is 9.49. The van der Waals surface area contributed by atoms with Gasteiger partial charge >= 0.3 is 6.03 Å². The fraction of sp³-hybridized carbons (Fsp3) is 0.130. The zero-order chi connectivity index (χ0) is 21.9. The van der Waals surface area contributed by atoms with Crippen molar-refractivity contribution >= 4 is 33.9 Å². The van der Waals surface area contributed by atoms with Gasteiger partial charge in [-0.1, -0.05) is 36.4 Å². The predicted molar refractivity (Wildman–Crippen MR) is 124 cm³/mol. The van der Waals surface area contributed by atoms with E-state index in [0.29, 0.717) is 34.9 Å². The lowest BCUT2D eigenvalue weighted by atomic mass is 10.2. The van der Waals surface area contributed by atoms with E-state index in [4.69, 9.17) is 14.2 Å². The molecule has 3 aromatic carbocycles. The number of urea groups is 1. The summed E-state index contributed by atoms with van der Waals surface area (Å²) in [5.74, 6) is 1.88. The van der Waals surface area contributed by atoms with E-state index in [0.717, 1.165) is 11.3 Å². The van der Waals surface area contributed by atoms with E-state index < -0.39 is 6.03 Å². The quantitative estimate of drug-likeness (QED) is 0.253. The molecule has 7 nitrogen and oxygen atoms in total. The molecule has 0 atom stereocenters. The molecule has 2 amide bonds. The number of carbonyl (C=O) groups is 1. The molecule has 0 aliphatic carbocycles. The predicted octanol–water partition coefficient (Wildman–Crippen LogP) is 5.07. The second kappa shape index (κ2) is 11.6. The monoisotopic (exact) mass is 483 g/mol. The number of benzene rings is 3. The molecule has 3 aromatic rings. The van der Waals surface area contributed by atoms with E-state index in [-0.39, 0.29) is 0 Å². The number of halogens is 1. The van der Waals surface area contributed by atoms with Gasteiger partial charge in [-0.3, -0.25) is 0 Å². The Bertz CT molecular complexity index is 1010. The minimum absolute atomic E-state index is 0.346. The summed E-state index contributed by atoms with van der Waals surface area (Å²) in [6.45, 7) is 0.738. The molecule has 0 spiro atoms. The van der Waals surface area contributed by atoms with Gasteiger partial charge in [0.2, 0.25) is 0 Å². The van der Waals surface area contributed by atoms with Crippen LogP contribution >= 0.6 is 15.9 Å². The molecule has 0 unspecified atom stereocenters. The summed E-state index contributed by atoms with van der Waals surface area (Å²) in [7, 11) is 1.56. The third-order valence-electron chi connectivity index (χ3n) is 4.00. The van der Waals surface area contributed by atoms with Crippen LogP contribution in [0.25, 0.3) is 0 Å². The van der Waals surface area contributed by atoms with Crippen molar-refractivity contribution in [3.8, 4) is 17.2 Å². The van der Waals surface area contributed by atoms with Gasteiger partial charge < -0.3 is 19.5 Å². The Morgan fingerprint density at radius 2 is 1.68 bits per heavy atom. The zero-order valence-corrected chi connectivity index (χ0v) is 18.5. The van der Waals surface area contributed by atoms with E-state index in [1.807, 2.05) is 54.6 Å². The van der Waals surface area contributed by atoms with Gasteiger partial charge in [0.15, 0.2) is 11.5 Å². The van der Waals surface area contributed by atoms with Crippen molar-refractivity contribution in [2.45, 2.75) is 0 Å². The highest BCUT2D eigenvalue weighted by molar-refractivity contribution is 9.10. The van der Waals surface area contributed by atoms with Crippen LogP contribution in [0.1, 0.15) is 5.56 Å². The maximum atomic E-state index is 11.9. The third kappa shape index (κ3) is 7.04. The van der Waals surface area contributed by atoms with Crippen molar-refractivity contribution in [1.29, 1.82) is 0 Å². The van der Waals surface area contributed by atoms with E-state index >= 15 is 0 Å². The van der Waals surface area contributed by atoms with Crippen LogP contribution < -0.4 is 25.0 Å². The SMILES string of the molecule is COc1cc(/C=N/NC(=O)Nc2ccccc2)cc(Br)c1OCCOc1ccccc1. The first-order valence-corrected chi connectivity index (χ1v) is 10.3. The van der Waals surface area contributed by atoms with Gasteiger partial charge in [-0.15, -0.1) is 0 Å². The minimum atomic E-state index is -0.438. The van der Waals surface area contributed by atoms with Crippen LogP contribution in [-0.2, 0) is 0 Å². The van der Waals surface area contributed by atoms with Crippen LogP contribution in [-0.4, -0.2) is 32.6 Å². The van der Waals surface area contributed by atoms with Gasteiger partial charge in [-0.2, -0.15) is 5.10 Å². The topological polar surface area (TPSA) is 81.2 Å². The lowest BCUT2D eigenvalue weighted by Crippen LogP contribution is -2.24. The molecule has 0 aliphatic heterocycles. The Kier molecular flexibility index (Phi) is 8.30. The molecule has 0 bridgehead atoms. The number of rotatable bonds is 9. The second-order valence-electron chi connectivity index (χ2n) is 6.23. The summed E-state index contributed by atoms with van der Waals surface area (Å²) in [6.07, 6.45) is 1.51. The average molecular weight is 484 g/mol. The van der Waals surface area contributed by atoms with Crippen molar-refractivity contribution < 1.29 is 19.0 Å². The van der Waals surface area contributed by atoms with Gasteiger partial charge in [-0.05, 0) is 57.9 Å². The van der Waals surface area contributed by atoms with Crippen molar-refractivity contribution in [2.75, 3.05) is 25.6 Å². The number of hydrogen-bond acceptors (Lipinski definition) is 5. The summed E-state index contributed by atoms with van der Waals surface area (Å²) >= 11 is 3.49. The average Bonchev–Trinajstić information content (AvgIpc) is 2.79. The molecular weight excluding hydrogens is 462 g/mol. The number of para-hydroxylation sites is 2. The molecule has 0 heterocycles. The van der Waals surface area contributed by atoms with E-state index in [2.05, 4.69) is 31.8 Å². The molecule has 0 fully saturated rings. The smallest absolute Gasteiger partial charge is 0.339 e. The first-order chi connectivity index (χ1) is 15.2. The number of amides is 2. The van der Waals surface area contributed by atoms with Crippen LogP contribution in [0.4, 0.5) is 10.5 Å². The summed E-state index contributed by atoms with van der Waals surface area (Å²) in [6, 6.07) is 21.8. The van der Waals surface area contributed by atoms with Crippen molar-refractivity contribution in [2.24, 2.45) is 5.10 Å². The summed E-state index contributed by atoms with van der Waals surface area (Å²) < 4.78 is 17.6. The fourth-order valence-corrected chi connectivity index (χ4v) is 3.19. The molecule has 2 N–H and O–H groups in total. The number of carbonyl (C=O) groups excluding carboxylic acids is 1.